The van der Waals surface area contributed by atoms with Gasteiger partial charge in [0.05, 0.1) is 24.8 Å². The van der Waals surface area contributed by atoms with Gasteiger partial charge in [0, 0.05) is 37.9 Å². The molecule has 1 aromatic rings. The number of likely N-dealkylation sites (tertiary alicyclic amines) is 1. The van der Waals surface area contributed by atoms with Crippen molar-refractivity contribution >= 4 is 11.8 Å². The number of aromatic nitrogens is 2. The monoisotopic (exact) mass is 294 g/mol. The van der Waals surface area contributed by atoms with Crippen LogP contribution in [0.2, 0.25) is 0 Å². The molecule has 2 heterocycles. The fourth-order valence-electron chi connectivity index (χ4n) is 2.70. The number of nitrogens with two attached hydrogens (primary N) is 1. The zero-order chi connectivity index (χ0) is 15.6. The number of carbonyl (C=O) groups excluding carboxylic acids is 2. The molecule has 7 heteroatoms. The maximum Gasteiger partial charge on any atom is 0.224 e. The first-order chi connectivity index (χ1) is 9.95. The first-order valence-electron chi connectivity index (χ1n) is 7.07. The summed E-state index contributed by atoms with van der Waals surface area (Å²) < 4.78 is 6.85. The Morgan fingerprint density at radius 2 is 2.29 bits per heavy atom. The number of hydrogen-bond acceptors (Lipinski definition) is 4. The summed E-state index contributed by atoms with van der Waals surface area (Å²) in [6, 6.07) is -0.132. The minimum absolute atomic E-state index is 0.0712. The Bertz CT molecular complexity index is 526. The number of methoxy groups -OCH3 is 1. The number of primary amides is 1. The first kappa shape index (κ1) is 15.5. The molecule has 0 saturated carbocycles. The van der Waals surface area contributed by atoms with Crippen molar-refractivity contribution in [2.45, 2.75) is 32.4 Å². The Hall–Kier alpha value is -1.89. The molecule has 2 N–H and O–H groups in total. The molecule has 2 amide bonds. The molecule has 1 aliphatic rings. The van der Waals surface area contributed by atoms with Crippen molar-refractivity contribution in [1.82, 2.24) is 14.7 Å². The van der Waals surface area contributed by atoms with Gasteiger partial charge in [0.15, 0.2) is 0 Å². The second-order valence-electron chi connectivity index (χ2n) is 5.59. The summed E-state index contributed by atoms with van der Waals surface area (Å²) in [5.74, 6) is -1.04. The molecule has 0 aromatic carbocycles. The van der Waals surface area contributed by atoms with E-state index < -0.39 is 11.8 Å². The number of nitrogens with zero attached hydrogens (tertiary/aromatic N) is 3. The normalized spacial score (nSPS) is 22.3. The lowest BCUT2D eigenvalue weighted by Gasteiger charge is -2.26. The van der Waals surface area contributed by atoms with Crippen LogP contribution in [0.25, 0.3) is 0 Å². The molecule has 1 fully saturated rings. The van der Waals surface area contributed by atoms with Gasteiger partial charge in [0.25, 0.3) is 0 Å². The minimum Gasteiger partial charge on any atom is -0.383 e. The highest BCUT2D eigenvalue weighted by molar-refractivity contribution is 5.89. The van der Waals surface area contributed by atoms with E-state index in [2.05, 4.69) is 5.10 Å². The van der Waals surface area contributed by atoms with Crippen LogP contribution in [0.4, 0.5) is 0 Å². The molecule has 2 rings (SSSR count). The highest BCUT2D eigenvalue weighted by Crippen LogP contribution is 2.37. The lowest BCUT2D eigenvalue weighted by atomic mass is 9.95. The molecule has 0 unspecified atom stereocenters. The molecular formula is C14H22N4O3. The average Bonchev–Trinajstić information content (AvgIpc) is 3.01. The lowest BCUT2D eigenvalue weighted by molar-refractivity contribution is -0.129. The van der Waals surface area contributed by atoms with Gasteiger partial charge in [0.1, 0.15) is 0 Å². The number of rotatable bonds is 6. The van der Waals surface area contributed by atoms with Crippen LogP contribution in [-0.2, 0) is 14.3 Å². The highest BCUT2D eigenvalue weighted by atomic mass is 16.5. The summed E-state index contributed by atoms with van der Waals surface area (Å²) in [6.07, 6.45) is 3.74. The number of amides is 2. The Labute approximate surface area is 124 Å². The van der Waals surface area contributed by atoms with Crippen molar-refractivity contribution < 1.29 is 14.3 Å². The summed E-state index contributed by atoms with van der Waals surface area (Å²) in [6.45, 7) is 4.90. The molecule has 2 atom stereocenters. The van der Waals surface area contributed by atoms with Gasteiger partial charge in [-0.15, -0.1) is 0 Å². The van der Waals surface area contributed by atoms with E-state index in [1.165, 1.54) is 0 Å². The fourth-order valence-corrected chi connectivity index (χ4v) is 2.70. The molecule has 0 bridgehead atoms. The van der Waals surface area contributed by atoms with Gasteiger partial charge in [-0.1, -0.05) is 0 Å². The summed E-state index contributed by atoms with van der Waals surface area (Å²) in [4.78, 5) is 25.5. The summed E-state index contributed by atoms with van der Waals surface area (Å²) in [5.41, 5.74) is 6.31. The maximum absolute atomic E-state index is 12.2. The zero-order valence-electron chi connectivity index (χ0n) is 12.7. The van der Waals surface area contributed by atoms with E-state index in [0.717, 1.165) is 5.56 Å². The predicted molar refractivity (Wildman–Crippen MR) is 76.2 cm³/mol. The Morgan fingerprint density at radius 1 is 1.57 bits per heavy atom. The number of ether oxygens (including phenoxy) is 1. The fraction of sp³-hybridized carbons (Fsp3) is 0.643. The van der Waals surface area contributed by atoms with E-state index in [-0.39, 0.29) is 24.4 Å². The Kier molecular flexibility index (Phi) is 4.62. The second-order valence-corrected chi connectivity index (χ2v) is 5.59. The molecule has 7 nitrogen and oxygen atoms in total. The van der Waals surface area contributed by atoms with Crippen molar-refractivity contribution in [2.75, 3.05) is 20.3 Å². The third kappa shape index (κ3) is 3.07. The van der Waals surface area contributed by atoms with E-state index in [1.54, 1.807) is 18.2 Å². The zero-order valence-corrected chi connectivity index (χ0v) is 12.7. The van der Waals surface area contributed by atoms with Crippen LogP contribution in [0.5, 0.6) is 0 Å². The Morgan fingerprint density at radius 3 is 2.81 bits per heavy atom. The van der Waals surface area contributed by atoms with Crippen molar-refractivity contribution in [3.05, 3.63) is 18.0 Å². The molecule has 116 valence electrons. The molecule has 21 heavy (non-hydrogen) atoms. The molecule has 1 aromatic heterocycles. The lowest BCUT2D eigenvalue weighted by Crippen LogP contribution is -2.34. The van der Waals surface area contributed by atoms with Gasteiger partial charge in [-0.25, -0.2) is 0 Å². The number of hydrogen-bond donors (Lipinski definition) is 1. The molecule has 1 saturated heterocycles. The topological polar surface area (TPSA) is 90.4 Å². The van der Waals surface area contributed by atoms with Crippen LogP contribution in [0.1, 0.15) is 37.9 Å². The third-order valence-corrected chi connectivity index (χ3v) is 3.83. The van der Waals surface area contributed by atoms with Crippen LogP contribution >= 0.6 is 0 Å². The van der Waals surface area contributed by atoms with Crippen LogP contribution in [-0.4, -0.2) is 46.8 Å². The van der Waals surface area contributed by atoms with Crippen molar-refractivity contribution in [1.29, 1.82) is 0 Å². The quantitative estimate of drug-likeness (QED) is 0.826. The van der Waals surface area contributed by atoms with Crippen LogP contribution in [0.3, 0.4) is 0 Å². The molecular weight excluding hydrogens is 272 g/mol. The van der Waals surface area contributed by atoms with Crippen molar-refractivity contribution in [3.8, 4) is 0 Å². The Balaban J connectivity index is 2.31. The summed E-state index contributed by atoms with van der Waals surface area (Å²) in [5, 5.41) is 4.29. The predicted octanol–water partition coefficient (Wildman–Crippen LogP) is 0.485. The molecule has 1 aliphatic heterocycles. The van der Waals surface area contributed by atoms with E-state index >= 15 is 0 Å². The van der Waals surface area contributed by atoms with Gasteiger partial charge in [-0.3, -0.25) is 14.3 Å². The standard InChI is InChI=1S/C14H22N4O3/c1-9(2)18-8-10(7-16-18)13-11(14(15)20)6-12(19)17(13)4-5-21-3/h7-9,11,13H,4-6H2,1-3H3,(H2,15,20)/t11-,13+/m0/s1. The molecule has 0 radical (unpaired) electrons. The van der Waals surface area contributed by atoms with Gasteiger partial charge in [-0.2, -0.15) is 5.10 Å². The summed E-state index contributed by atoms with van der Waals surface area (Å²) in [7, 11) is 1.58. The van der Waals surface area contributed by atoms with Gasteiger partial charge >= 0.3 is 0 Å². The van der Waals surface area contributed by atoms with Crippen LogP contribution in [0.15, 0.2) is 12.4 Å². The first-order valence-corrected chi connectivity index (χ1v) is 7.07. The largest absolute Gasteiger partial charge is 0.383 e. The SMILES string of the molecule is COCCN1C(=O)C[C@H](C(N)=O)[C@H]1c1cnn(C(C)C)c1. The van der Waals surface area contributed by atoms with Gasteiger partial charge < -0.3 is 15.4 Å². The summed E-state index contributed by atoms with van der Waals surface area (Å²) >= 11 is 0. The van der Waals surface area contributed by atoms with Crippen molar-refractivity contribution in [2.24, 2.45) is 11.7 Å². The smallest absolute Gasteiger partial charge is 0.224 e. The van der Waals surface area contributed by atoms with Crippen LogP contribution in [0, 0.1) is 5.92 Å². The average molecular weight is 294 g/mol. The van der Waals surface area contributed by atoms with Gasteiger partial charge in [0.2, 0.25) is 11.8 Å². The van der Waals surface area contributed by atoms with Crippen LogP contribution < -0.4 is 5.73 Å². The van der Waals surface area contributed by atoms with E-state index in [4.69, 9.17) is 10.5 Å². The van der Waals surface area contributed by atoms with Gasteiger partial charge in [-0.05, 0) is 13.8 Å². The van der Waals surface area contributed by atoms with E-state index in [0.29, 0.717) is 13.2 Å². The van der Waals surface area contributed by atoms with Crippen molar-refractivity contribution in [3.63, 3.8) is 0 Å². The third-order valence-electron chi connectivity index (χ3n) is 3.83. The minimum atomic E-state index is -0.515. The van der Waals surface area contributed by atoms with E-state index in [9.17, 15) is 9.59 Å². The molecule has 0 aliphatic carbocycles. The van der Waals surface area contributed by atoms with E-state index in [1.807, 2.05) is 24.7 Å². The maximum atomic E-state index is 12.2. The highest BCUT2D eigenvalue weighted by Gasteiger charge is 2.43. The second kappa shape index (κ2) is 6.26. The number of carbonyl (C=O) groups is 2. The molecule has 0 spiro atoms.